The zero-order chi connectivity index (χ0) is 14.1. The van der Waals surface area contributed by atoms with Gasteiger partial charge in [-0.2, -0.15) is 0 Å². The van der Waals surface area contributed by atoms with E-state index in [0.717, 1.165) is 18.7 Å². The second-order valence-electron chi connectivity index (χ2n) is 4.35. The number of carbonyl (C=O) groups excluding carboxylic acids is 1. The molecule has 0 bridgehead atoms. The molecule has 104 valence electrons. The highest BCUT2D eigenvalue weighted by atomic mass is 16.1. The number of unbranched alkanes of at least 4 members (excludes halogenated alkanes) is 2. The number of aryl methyl sites for hydroxylation is 1. The molecule has 1 heterocycles. The van der Waals surface area contributed by atoms with Crippen LogP contribution in [0.4, 0.5) is 5.95 Å². The van der Waals surface area contributed by atoms with Crippen LogP contribution < -0.4 is 10.6 Å². The summed E-state index contributed by atoms with van der Waals surface area (Å²) in [5.74, 6) is 0.307. The molecule has 1 aromatic rings. The van der Waals surface area contributed by atoms with Crippen LogP contribution in [-0.2, 0) is 0 Å². The van der Waals surface area contributed by atoms with E-state index in [0.29, 0.717) is 18.2 Å². The first-order valence-corrected chi connectivity index (χ1v) is 6.66. The number of aromatic nitrogens is 2. The SMILES string of the molecule is C=CCNC(=O)c1cc(C)nc(NCCCCC)n1. The maximum atomic E-state index is 11.8. The van der Waals surface area contributed by atoms with Gasteiger partial charge in [-0.1, -0.05) is 25.8 Å². The number of carbonyl (C=O) groups is 1. The Morgan fingerprint density at radius 1 is 1.42 bits per heavy atom. The molecular weight excluding hydrogens is 240 g/mol. The zero-order valence-electron chi connectivity index (χ0n) is 11.7. The Kier molecular flexibility index (Phi) is 6.57. The summed E-state index contributed by atoms with van der Waals surface area (Å²) in [6.45, 7) is 8.82. The van der Waals surface area contributed by atoms with Crippen molar-refractivity contribution in [3.63, 3.8) is 0 Å². The fourth-order valence-electron chi connectivity index (χ4n) is 1.59. The normalized spacial score (nSPS) is 10.0. The minimum atomic E-state index is -0.206. The molecule has 0 fully saturated rings. The number of hydrogen-bond acceptors (Lipinski definition) is 4. The van der Waals surface area contributed by atoms with Crippen LogP contribution >= 0.6 is 0 Å². The van der Waals surface area contributed by atoms with Crippen molar-refractivity contribution >= 4 is 11.9 Å². The van der Waals surface area contributed by atoms with Crippen molar-refractivity contribution in [3.05, 3.63) is 30.1 Å². The highest BCUT2D eigenvalue weighted by Crippen LogP contribution is 2.05. The van der Waals surface area contributed by atoms with Gasteiger partial charge in [-0.3, -0.25) is 4.79 Å². The molecule has 0 saturated heterocycles. The maximum Gasteiger partial charge on any atom is 0.270 e. The monoisotopic (exact) mass is 262 g/mol. The van der Waals surface area contributed by atoms with Gasteiger partial charge in [0.1, 0.15) is 5.69 Å². The third kappa shape index (κ3) is 5.50. The Morgan fingerprint density at radius 2 is 2.21 bits per heavy atom. The van der Waals surface area contributed by atoms with Crippen LogP contribution in [0.25, 0.3) is 0 Å². The minimum absolute atomic E-state index is 0.206. The lowest BCUT2D eigenvalue weighted by Gasteiger charge is -2.08. The Morgan fingerprint density at radius 3 is 2.89 bits per heavy atom. The number of hydrogen-bond donors (Lipinski definition) is 2. The standard InChI is InChI=1S/C14H22N4O/c1-4-6-7-9-16-14-17-11(3)10-12(18-14)13(19)15-8-5-2/h5,10H,2,4,6-9H2,1,3H3,(H,15,19)(H,16,17,18). The van der Waals surface area contributed by atoms with Crippen LogP contribution in [0.1, 0.15) is 42.4 Å². The van der Waals surface area contributed by atoms with Gasteiger partial charge < -0.3 is 10.6 Å². The van der Waals surface area contributed by atoms with Crippen molar-refractivity contribution in [3.8, 4) is 0 Å². The first-order valence-electron chi connectivity index (χ1n) is 6.66. The molecule has 0 unspecified atom stereocenters. The summed E-state index contributed by atoms with van der Waals surface area (Å²) >= 11 is 0. The summed E-state index contributed by atoms with van der Waals surface area (Å²) in [6.07, 6.45) is 5.05. The second kappa shape index (κ2) is 8.24. The Balaban J connectivity index is 2.65. The lowest BCUT2D eigenvalue weighted by molar-refractivity contribution is 0.0953. The lowest BCUT2D eigenvalue weighted by atomic mass is 10.2. The summed E-state index contributed by atoms with van der Waals surface area (Å²) in [7, 11) is 0. The zero-order valence-corrected chi connectivity index (χ0v) is 11.7. The third-order valence-corrected chi connectivity index (χ3v) is 2.56. The lowest BCUT2D eigenvalue weighted by Crippen LogP contribution is -2.25. The van der Waals surface area contributed by atoms with Crippen LogP contribution in [0.2, 0.25) is 0 Å². The summed E-state index contributed by atoms with van der Waals surface area (Å²) in [5.41, 5.74) is 1.16. The molecule has 19 heavy (non-hydrogen) atoms. The number of rotatable bonds is 8. The van der Waals surface area contributed by atoms with Crippen molar-refractivity contribution in [2.45, 2.75) is 33.1 Å². The highest BCUT2D eigenvalue weighted by Gasteiger charge is 2.09. The maximum absolute atomic E-state index is 11.8. The van der Waals surface area contributed by atoms with Crippen molar-refractivity contribution in [2.24, 2.45) is 0 Å². The van der Waals surface area contributed by atoms with Gasteiger partial charge >= 0.3 is 0 Å². The Labute approximate surface area is 114 Å². The van der Waals surface area contributed by atoms with Gasteiger partial charge in [0.25, 0.3) is 5.91 Å². The number of nitrogens with one attached hydrogen (secondary N) is 2. The van der Waals surface area contributed by atoms with Gasteiger partial charge in [0.15, 0.2) is 0 Å². The Hall–Kier alpha value is -1.91. The van der Waals surface area contributed by atoms with E-state index >= 15 is 0 Å². The average molecular weight is 262 g/mol. The smallest absolute Gasteiger partial charge is 0.270 e. The quantitative estimate of drug-likeness (QED) is 0.557. The molecule has 0 aliphatic carbocycles. The third-order valence-electron chi connectivity index (χ3n) is 2.56. The van der Waals surface area contributed by atoms with E-state index in [1.165, 1.54) is 12.8 Å². The van der Waals surface area contributed by atoms with E-state index in [1.54, 1.807) is 12.1 Å². The van der Waals surface area contributed by atoms with E-state index in [1.807, 2.05) is 6.92 Å². The van der Waals surface area contributed by atoms with Gasteiger partial charge in [-0.05, 0) is 19.4 Å². The van der Waals surface area contributed by atoms with Gasteiger partial charge in [-0.15, -0.1) is 6.58 Å². The molecule has 0 aliphatic heterocycles. The molecule has 0 aromatic carbocycles. The van der Waals surface area contributed by atoms with Crippen LogP contribution in [0, 0.1) is 6.92 Å². The van der Waals surface area contributed by atoms with E-state index in [4.69, 9.17) is 0 Å². The fourth-order valence-corrected chi connectivity index (χ4v) is 1.59. The predicted molar refractivity (Wildman–Crippen MR) is 77.3 cm³/mol. The topological polar surface area (TPSA) is 66.9 Å². The molecule has 2 N–H and O–H groups in total. The van der Waals surface area contributed by atoms with Gasteiger partial charge in [-0.25, -0.2) is 9.97 Å². The van der Waals surface area contributed by atoms with Gasteiger partial charge in [0.05, 0.1) is 0 Å². The number of anilines is 1. The molecule has 0 aliphatic rings. The molecule has 0 radical (unpaired) electrons. The van der Waals surface area contributed by atoms with Gasteiger partial charge in [0.2, 0.25) is 5.95 Å². The largest absolute Gasteiger partial charge is 0.354 e. The summed E-state index contributed by atoms with van der Waals surface area (Å²) in [6, 6.07) is 1.68. The van der Waals surface area contributed by atoms with Crippen molar-refractivity contribution < 1.29 is 4.79 Å². The fraction of sp³-hybridized carbons (Fsp3) is 0.500. The Bertz CT molecular complexity index is 431. The van der Waals surface area contributed by atoms with Crippen molar-refractivity contribution in [2.75, 3.05) is 18.4 Å². The summed E-state index contributed by atoms with van der Waals surface area (Å²) in [4.78, 5) is 20.3. The van der Waals surface area contributed by atoms with E-state index in [-0.39, 0.29) is 5.91 Å². The van der Waals surface area contributed by atoms with Gasteiger partial charge in [0, 0.05) is 18.8 Å². The van der Waals surface area contributed by atoms with Crippen molar-refractivity contribution in [1.82, 2.24) is 15.3 Å². The molecule has 0 spiro atoms. The average Bonchev–Trinajstić information content (AvgIpc) is 2.40. The summed E-state index contributed by atoms with van der Waals surface area (Å²) in [5, 5.41) is 5.85. The number of amides is 1. The molecule has 5 heteroatoms. The van der Waals surface area contributed by atoms with Crippen LogP contribution in [-0.4, -0.2) is 29.0 Å². The molecular formula is C14H22N4O. The van der Waals surface area contributed by atoms with Crippen LogP contribution in [0.5, 0.6) is 0 Å². The van der Waals surface area contributed by atoms with Crippen LogP contribution in [0.15, 0.2) is 18.7 Å². The van der Waals surface area contributed by atoms with E-state index < -0.39 is 0 Å². The molecule has 1 amide bonds. The molecule has 1 rings (SSSR count). The summed E-state index contributed by atoms with van der Waals surface area (Å²) < 4.78 is 0. The second-order valence-corrected chi connectivity index (χ2v) is 4.35. The first kappa shape index (κ1) is 15.1. The van der Waals surface area contributed by atoms with E-state index in [9.17, 15) is 4.79 Å². The highest BCUT2D eigenvalue weighted by molar-refractivity contribution is 5.92. The van der Waals surface area contributed by atoms with E-state index in [2.05, 4.69) is 34.1 Å². The molecule has 0 saturated carbocycles. The minimum Gasteiger partial charge on any atom is -0.354 e. The molecule has 1 aromatic heterocycles. The molecule has 5 nitrogen and oxygen atoms in total. The predicted octanol–water partition coefficient (Wildman–Crippen LogP) is 2.30. The number of nitrogens with zero attached hydrogens (tertiary/aromatic N) is 2. The van der Waals surface area contributed by atoms with Crippen molar-refractivity contribution in [1.29, 1.82) is 0 Å². The first-order chi connectivity index (χ1) is 9.17. The van der Waals surface area contributed by atoms with Crippen LogP contribution in [0.3, 0.4) is 0 Å². The molecule has 0 atom stereocenters.